The summed E-state index contributed by atoms with van der Waals surface area (Å²) >= 11 is -3.10. The Labute approximate surface area is 276 Å². The number of hydrogen-bond acceptors (Lipinski definition) is 5. The van der Waals surface area contributed by atoms with Crippen molar-refractivity contribution >= 4 is 18.4 Å². The van der Waals surface area contributed by atoms with Gasteiger partial charge in [0, 0.05) is 0 Å². The van der Waals surface area contributed by atoms with Crippen LogP contribution in [0.5, 0.6) is 0 Å². The zero-order chi connectivity index (χ0) is 31.7. The number of aliphatic hydroxyl groups is 1. The second kappa shape index (κ2) is 19.8. The fraction of sp³-hybridized carbons (Fsp3) is 0.538. The first kappa shape index (κ1) is 36.1. The van der Waals surface area contributed by atoms with Crippen LogP contribution < -0.4 is 0 Å². The molecule has 0 bridgehead atoms. The number of hydrogen-bond donors (Lipinski definition) is 1. The number of ether oxygens (including phenoxy) is 4. The maximum absolute atomic E-state index is 12.4. The molecule has 0 aromatic heterocycles. The van der Waals surface area contributed by atoms with Crippen molar-refractivity contribution < 1.29 is 24.1 Å². The van der Waals surface area contributed by atoms with Crippen molar-refractivity contribution in [3.63, 3.8) is 0 Å². The second-order valence-corrected chi connectivity index (χ2v) is 26.5. The van der Waals surface area contributed by atoms with E-state index in [-0.39, 0.29) is 10.2 Å². The molecule has 1 aliphatic heterocycles. The Bertz CT molecular complexity index is 1160. The van der Waals surface area contributed by atoms with Crippen molar-refractivity contribution in [2.45, 2.75) is 121 Å². The van der Waals surface area contributed by atoms with Crippen LogP contribution in [-0.2, 0) is 38.8 Å². The van der Waals surface area contributed by atoms with Gasteiger partial charge in [-0.15, -0.1) is 0 Å². The van der Waals surface area contributed by atoms with E-state index in [0.29, 0.717) is 26.4 Å². The molecule has 1 saturated heterocycles. The molecule has 6 heteroatoms. The molecule has 5 atom stereocenters. The molecule has 0 spiro atoms. The SMILES string of the molecule is CCC[CH2][Sn]([CH2]CCC)([CH2]CCC)[C@@H]1OC(COCc2ccccc2)[C@H](OCc2ccccc2)C(OCc2ccccc2)C1O. The molecule has 4 rings (SSSR count). The van der Waals surface area contributed by atoms with E-state index in [1.54, 1.807) is 0 Å². The monoisotopic (exact) mass is 724 g/mol. The third kappa shape index (κ3) is 10.9. The van der Waals surface area contributed by atoms with Crippen molar-refractivity contribution in [1.29, 1.82) is 0 Å². The van der Waals surface area contributed by atoms with Crippen LogP contribution in [-0.4, -0.2) is 58.6 Å². The van der Waals surface area contributed by atoms with Crippen LogP contribution in [0, 0.1) is 0 Å². The normalized spacial score (nSPS) is 22.0. The zero-order valence-corrected chi connectivity index (χ0v) is 30.7. The van der Waals surface area contributed by atoms with Crippen molar-refractivity contribution in [3.05, 3.63) is 108 Å². The molecule has 0 amide bonds. The van der Waals surface area contributed by atoms with E-state index < -0.39 is 36.7 Å². The summed E-state index contributed by atoms with van der Waals surface area (Å²) in [7, 11) is 0. The van der Waals surface area contributed by atoms with Crippen molar-refractivity contribution in [1.82, 2.24) is 0 Å². The first-order valence-electron chi connectivity index (χ1n) is 17.4. The topological polar surface area (TPSA) is 57.2 Å². The van der Waals surface area contributed by atoms with Crippen LogP contribution >= 0.6 is 0 Å². The van der Waals surface area contributed by atoms with Crippen LogP contribution in [0.3, 0.4) is 0 Å². The molecule has 3 aromatic rings. The van der Waals surface area contributed by atoms with E-state index in [4.69, 9.17) is 18.9 Å². The molecule has 1 N–H and O–H groups in total. The molecular weight excluding hydrogens is 667 g/mol. The van der Waals surface area contributed by atoms with Crippen LogP contribution in [0.15, 0.2) is 91.0 Å². The molecule has 5 nitrogen and oxygen atoms in total. The Hall–Kier alpha value is -1.74. The van der Waals surface area contributed by atoms with Gasteiger partial charge in [0.2, 0.25) is 0 Å². The van der Waals surface area contributed by atoms with Crippen LogP contribution in [0.1, 0.15) is 76.0 Å². The predicted octanol–water partition coefficient (Wildman–Crippen LogP) is 8.89. The molecule has 1 fully saturated rings. The van der Waals surface area contributed by atoms with Crippen LogP contribution in [0.4, 0.5) is 0 Å². The van der Waals surface area contributed by atoms with Gasteiger partial charge in [0.25, 0.3) is 0 Å². The van der Waals surface area contributed by atoms with Crippen molar-refractivity contribution in [2.24, 2.45) is 0 Å². The van der Waals surface area contributed by atoms with E-state index in [2.05, 4.69) is 57.2 Å². The van der Waals surface area contributed by atoms with Gasteiger partial charge in [0.1, 0.15) is 0 Å². The fourth-order valence-electron chi connectivity index (χ4n) is 6.75. The number of benzene rings is 3. The summed E-state index contributed by atoms with van der Waals surface area (Å²) in [4.78, 5) is 0. The van der Waals surface area contributed by atoms with Gasteiger partial charge in [-0.05, 0) is 0 Å². The van der Waals surface area contributed by atoms with Crippen molar-refractivity contribution in [2.75, 3.05) is 6.61 Å². The molecule has 0 radical (unpaired) electrons. The summed E-state index contributed by atoms with van der Waals surface area (Å²) in [6.45, 7) is 8.59. The quantitative estimate of drug-likeness (QED) is 0.118. The molecule has 0 saturated carbocycles. The molecule has 3 aromatic carbocycles. The minimum atomic E-state index is -3.10. The van der Waals surface area contributed by atoms with Crippen molar-refractivity contribution in [3.8, 4) is 0 Å². The standard InChI is InChI=1S/C27H29O5.3C4H9.Sn/c28-24-19-30-25(20-29-16-21-10-4-1-5-11-21)27(32-18-23-14-8-3-9-15-23)26(24)31-17-22-12-6-2-7-13-22;3*1-3-4-2;/h1-15,19,24-28H,16-18,20H2;3*1,3-4H2,2H3;/t24?,25?,26?,27-;;;;/m0..../s1. The second-order valence-electron chi connectivity index (χ2n) is 12.8. The Morgan fingerprint density at radius 1 is 0.600 bits per heavy atom. The third-order valence-electron chi connectivity index (χ3n) is 9.31. The summed E-state index contributed by atoms with van der Waals surface area (Å²) in [6, 6.07) is 30.8. The maximum atomic E-state index is 12.4. The third-order valence-corrected chi connectivity index (χ3v) is 25.7. The molecule has 45 heavy (non-hydrogen) atoms. The number of unbranched alkanes of at least 4 members (excludes halogenated alkanes) is 3. The number of aliphatic hydroxyl groups excluding tert-OH is 1. The van der Waals surface area contributed by atoms with E-state index in [1.165, 1.54) is 51.8 Å². The van der Waals surface area contributed by atoms with Gasteiger partial charge in [-0.25, -0.2) is 0 Å². The molecule has 1 aliphatic rings. The molecule has 0 aliphatic carbocycles. The van der Waals surface area contributed by atoms with E-state index in [9.17, 15) is 5.11 Å². The zero-order valence-electron chi connectivity index (χ0n) is 27.8. The predicted molar refractivity (Wildman–Crippen MR) is 186 cm³/mol. The molecule has 1 heterocycles. The summed E-state index contributed by atoms with van der Waals surface area (Å²) in [5.41, 5.74) is 3.30. The summed E-state index contributed by atoms with van der Waals surface area (Å²) in [5, 5.41) is 12.4. The molecule has 3 unspecified atom stereocenters. The average molecular weight is 724 g/mol. The van der Waals surface area contributed by atoms with E-state index in [0.717, 1.165) is 16.7 Å². The summed E-state index contributed by atoms with van der Waals surface area (Å²) in [6.07, 6.45) is 5.05. The average Bonchev–Trinajstić information content (AvgIpc) is 3.09. The summed E-state index contributed by atoms with van der Waals surface area (Å²) < 4.78 is 30.6. The Morgan fingerprint density at radius 2 is 1.02 bits per heavy atom. The van der Waals surface area contributed by atoms with Gasteiger partial charge < -0.3 is 0 Å². The van der Waals surface area contributed by atoms with Gasteiger partial charge in [0.05, 0.1) is 0 Å². The first-order valence-corrected chi connectivity index (χ1v) is 25.1. The van der Waals surface area contributed by atoms with Gasteiger partial charge >= 0.3 is 278 Å². The Balaban J connectivity index is 1.68. The van der Waals surface area contributed by atoms with Gasteiger partial charge in [0.15, 0.2) is 0 Å². The molecule has 246 valence electrons. The van der Waals surface area contributed by atoms with Gasteiger partial charge in [-0.2, -0.15) is 0 Å². The summed E-state index contributed by atoms with van der Waals surface area (Å²) in [5.74, 6) is 0. The van der Waals surface area contributed by atoms with Crippen LogP contribution in [0.2, 0.25) is 13.3 Å². The van der Waals surface area contributed by atoms with Crippen LogP contribution in [0.25, 0.3) is 0 Å². The Kier molecular flexibility index (Phi) is 15.9. The van der Waals surface area contributed by atoms with Gasteiger partial charge in [-0.1, -0.05) is 0 Å². The van der Waals surface area contributed by atoms with E-state index >= 15 is 0 Å². The van der Waals surface area contributed by atoms with Gasteiger partial charge in [-0.3, -0.25) is 0 Å². The number of rotatable bonds is 20. The van der Waals surface area contributed by atoms with E-state index in [1.807, 2.05) is 54.6 Å². The fourth-order valence-corrected chi connectivity index (χ4v) is 24.3. The first-order chi connectivity index (χ1) is 22.1. The minimum absolute atomic E-state index is 0.161. The Morgan fingerprint density at radius 3 is 1.47 bits per heavy atom. The molecular formula is C39H56O5Sn.